The Morgan fingerprint density at radius 1 is 1.10 bits per heavy atom. The Balaban J connectivity index is 1.98. The van der Waals surface area contributed by atoms with Crippen molar-refractivity contribution in [2.75, 3.05) is 6.61 Å². The molecule has 0 spiro atoms. The van der Waals surface area contributed by atoms with E-state index in [0.717, 1.165) is 12.8 Å². The summed E-state index contributed by atoms with van der Waals surface area (Å²) >= 11 is 0. The summed E-state index contributed by atoms with van der Waals surface area (Å²) in [5, 5.41) is 20.2. The molecule has 0 unspecified atom stereocenters. The number of carbonyl (C=O) groups excluding carboxylic acids is 2. The van der Waals surface area contributed by atoms with E-state index < -0.39 is 17.9 Å². The fourth-order valence-electron chi connectivity index (χ4n) is 2.70. The molecular weight excluding hydrogens is 372 g/mol. The molecule has 0 aliphatic carbocycles. The van der Waals surface area contributed by atoms with Gasteiger partial charge in [-0.05, 0) is 70.4 Å². The van der Waals surface area contributed by atoms with Crippen LogP contribution in [0.1, 0.15) is 46.1 Å². The van der Waals surface area contributed by atoms with Gasteiger partial charge in [0.2, 0.25) is 0 Å². The van der Waals surface area contributed by atoms with Crippen LogP contribution < -0.4 is 4.74 Å². The zero-order valence-corrected chi connectivity index (χ0v) is 17.3. The van der Waals surface area contributed by atoms with E-state index in [4.69, 9.17) is 4.74 Å². The topological polar surface area (TPSA) is 90.3 Å². The molecule has 1 aromatic rings. The average Bonchev–Trinajstić information content (AvgIpc) is 2.69. The Labute approximate surface area is 171 Å². The van der Waals surface area contributed by atoms with Crippen LogP contribution in [0.25, 0.3) is 6.08 Å². The van der Waals surface area contributed by atoms with Crippen LogP contribution in [0.15, 0.2) is 53.3 Å². The molecule has 1 aromatic carbocycles. The van der Waals surface area contributed by atoms with Crippen LogP contribution in [0.2, 0.25) is 0 Å². The molecule has 7 heteroatoms. The van der Waals surface area contributed by atoms with Crippen LogP contribution >= 0.6 is 0 Å². The largest absolute Gasteiger partial charge is 0.490 e. The number of carbonyl (C=O) groups is 2. The molecular formula is C22H28N2O5. The molecule has 1 heterocycles. The van der Waals surface area contributed by atoms with Crippen molar-refractivity contribution in [2.45, 2.75) is 46.6 Å². The number of allylic oxidation sites excluding steroid dienone is 3. The van der Waals surface area contributed by atoms with E-state index in [0.29, 0.717) is 23.0 Å². The van der Waals surface area contributed by atoms with Gasteiger partial charge in [0.25, 0.3) is 11.8 Å². The van der Waals surface area contributed by atoms with Crippen molar-refractivity contribution in [3.63, 3.8) is 0 Å². The molecule has 2 rings (SSSR count). The van der Waals surface area contributed by atoms with Crippen LogP contribution in [0, 0.1) is 0 Å². The van der Waals surface area contributed by atoms with Crippen LogP contribution in [0.5, 0.6) is 5.75 Å². The normalized spacial score (nSPS) is 19.0. The summed E-state index contributed by atoms with van der Waals surface area (Å²) in [4.78, 5) is 24.0. The Hall–Kier alpha value is -2.90. The molecule has 1 atom stereocenters. The second-order valence-corrected chi connectivity index (χ2v) is 7.26. The van der Waals surface area contributed by atoms with Crippen LogP contribution in [0.4, 0.5) is 0 Å². The number of hydrogen-bond acceptors (Lipinski definition) is 5. The second-order valence-electron chi connectivity index (χ2n) is 7.26. The third-order valence-electron chi connectivity index (χ3n) is 4.54. The number of hydroxylamine groups is 4. The van der Waals surface area contributed by atoms with Crippen molar-refractivity contribution in [3.05, 3.63) is 58.8 Å². The van der Waals surface area contributed by atoms with E-state index in [1.807, 2.05) is 6.08 Å². The van der Waals surface area contributed by atoms with E-state index >= 15 is 0 Å². The predicted molar refractivity (Wildman–Crippen MR) is 109 cm³/mol. The van der Waals surface area contributed by atoms with Gasteiger partial charge in [-0.25, -0.2) is 5.06 Å². The Morgan fingerprint density at radius 2 is 1.76 bits per heavy atom. The molecule has 1 saturated heterocycles. The highest BCUT2D eigenvalue weighted by Crippen LogP contribution is 2.21. The number of benzene rings is 1. The first-order valence-corrected chi connectivity index (χ1v) is 9.49. The summed E-state index contributed by atoms with van der Waals surface area (Å²) in [6.45, 7) is 8.02. The van der Waals surface area contributed by atoms with Crippen molar-refractivity contribution in [1.29, 1.82) is 0 Å². The molecule has 1 aliphatic rings. The molecule has 1 aliphatic heterocycles. The molecule has 1 fully saturated rings. The van der Waals surface area contributed by atoms with Gasteiger partial charge in [-0.2, -0.15) is 5.06 Å². The third-order valence-corrected chi connectivity index (χ3v) is 4.54. The molecule has 2 N–H and O–H groups in total. The number of amides is 2. The minimum atomic E-state index is -1.14. The lowest BCUT2D eigenvalue weighted by Crippen LogP contribution is -2.54. The number of piperazine rings is 1. The van der Waals surface area contributed by atoms with Gasteiger partial charge >= 0.3 is 0 Å². The maximum Gasteiger partial charge on any atom is 0.297 e. The van der Waals surface area contributed by atoms with Crippen molar-refractivity contribution < 1.29 is 24.7 Å². The molecule has 0 aromatic heterocycles. The van der Waals surface area contributed by atoms with Gasteiger partial charge in [-0.1, -0.05) is 29.4 Å². The summed E-state index contributed by atoms with van der Waals surface area (Å²) in [5.41, 5.74) is 2.83. The second kappa shape index (κ2) is 10.0. The minimum absolute atomic E-state index is 0.271. The van der Waals surface area contributed by atoms with Gasteiger partial charge in [-0.3, -0.25) is 20.0 Å². The first-order chi connectivity index (χ1) is 13.7. The molecule has 0 radical (unpaired) electrons. The fourth-order valence-corrected chi connectivity index (χ4v) is 2.70. The van der Waals surface area contributed by atoms with E-state index in [1.54, 1.807) is 24.3 Å². The van der Waals surface area contributed by atoms with Gasteiger partial charge in [-0.15, -0.1) is 0 Å². The van der Waals surface area contributed by atoms with Gasteiger partial charge in [0.05, 0.1) is 0 Å². The van der Waals surface area contributed by atoms with Gasteiger partial charge in [0, 0.05) is 0 Å². The average molecular weight is 400 g/mol. The summed E-state index contributed by atoms with van der Waals surface area (Å²) in [5.74, 6) is -0.983. The Bertz CT molecular complexity index is 835. The first-order valence-electron chi connectivity index (χ1n) is 9.49. The number of hydrogen-bond donors (Lipinski definition) is 2. The van der Waals surface area contributed by atoms with Crippen molar-refractivity contribution in [1.82, 2.24) is 10.1 Å². The Morgan fingerprint density at radius 3 is 2.38 bits per heavy atom. The smallest absolute Gasteiger partial charge is 0.297 e. The van der Waals surface area contributed by atoms with Crippen molar-refractivity contribution in [2.24, 2.45) is 0 Å². The fraction of sp³-hybridized carbons (Fsp3) is 0.364. The minimum Gasteiger partial charge on any atom is -0.490 e. The van der Waals surface area contributed by atoms with E-state index in [1.165, 1.54) is 24.1 Å². The summed E-state index contributed by atoms with van der Waals surface area (Å²) < 4.78 is 5.70. The maximum atomic E-state index is 12.1. The Kier molecular flexibility index (Phi) is 7.75. The highest BCUT2D eigenvalue weighted by atomic mass is 16.5. The zero-order chi connectivity index (χ0) is 21.6. The van der Waals surface area contributed by atoms with Crippen LogP contribution in [-0.2, 0) is 9.59 Å². The van der Waals surface area contributed by atoms with E-state index in [2.05, 4.69) is 26.8 Å². The standard InChI is InChI=1S/C22H28N2O5/c1-15(2)6-5-7-16(3)12-13-29-19-10-8-18(9-11-19)14-20-22(26)23(27)17(4)21(25)24(20)28/h6,8-12,14,17,27-28H,5,7,13H2,1-4H3/b16-12+,20-14-/t17-/m0/s1. The van der Waals surface area contributed by atoms with E-state index in [9.17, 15) is 20.0 Å². The third kappa shape index (κ3) is 6.04. The van der Waals surface area contributed by atoms with E-state index in [-0.39, 0.29) is 10.8 Å². The van der Waals surface area contributed by atoms with Crippen LogP contribution in [-0.4, -0.2) is 45.0 Å². The first kappa shape index (κ1) is 22.4. The van der Waals surface area contributed by atoms with Crippen molar-refractivity contribution >= 4 is 17.9 Å². The zero-order valence-electron chi connectivity index (χ0n) is 17.3. The lowest BCUT2D eigenvalue weighted by atomic mass is 10.1. The predicted octanol–water partition coefficient (Wildman–Crippen LogP) is 3.94. The van der Waals surface area contributed by atoms with Crippen molar-refractivity contribution in [3.8, 4) is 5.75 Å². The highest BCUT2D eigenvalue weighted by molar-refractivity contribution is 6.05. The number of rotatable bonds is 7. The summed E-state index contributed by atoms with van der Waals surface area (Å²) in [7, 11) is 0. The lowest BCUT2D eigenvalue weighted by Gasteiger charge is -2.32. The van der Waals surface area contributed by atoms with Gasteiger partial charge < -0.3 is 4.74 Å². The van der Waals surface area contributed by atoms with Gasteiger partial charge in [0.15, 0.2) is 0 Å². The maximum absolute atomic E-state index is 12.1. The molecule has 156 valence electrons. The van der Waals surface area contributed by atoms with Gasteiger partial charge in [0.1, 0.15) is 24.1 Å². The molecule has 0 saturated carbocycles. The summed E-state index contributed by atoms with van der Waals surface area (Å²) in [6.07, 6.45) is 7.58. The number of nitrogens with zero attached hydrogens (tertiary/aromatic N) is 2. The summed E-state index contributed by atoms with van der Waals surface area (Å²) in [6, 6.07) is 5.71. The lowest BCUT2D eigenvalue weighted by molar-refractivity contribution is -0.205. The SMILES string of the molecule is CC(C)=CCC/C(C)=C/COc1ccc(/C=C2/C(=O)N(O)[C@@H](C)C(=O)N2O)cc1. The quantitative estimate of drug-likeness (QED) is 0.411. The number of ether oxygens (including phenoxy) is 1. The molecule has 7 nitrogen and oxygen atoms in total. The molecule has 29 heavy (non-hydrogen) atoms. The monoisotopic (exact) mass is 400 g/mol. The van der Waals surface area contributed by atoms with Crippen LogP contribution in [0.3, 0.4) is 0 Å². The molecule has 2 amide bonds. The molecule has 0 bridgehead atoms. The highest BCUT2D eigenvalue weighted by Gasteiger charge is 2.39.